The summed E-state index contributed by atoms with van der Waals surface area (Å²) in [5.74, 6) is 1.58. The number of aliphatic imine (C=N–C) groups is 1. The molecule has 2 fully saturated rings. The van der Waals surface area contributed by atoms with Gasteiger partial charge in [-0.1, -0.05) is 71.0 Å². The van der Waals surface area contributed by atoms with Gasteiger partial charge in [0.2, 0.25) is 0 Å². The third kappa shape index (κ3) is 14.8. The number of Topliss-reactive ketones (excluding diaryl/α,β-unsaturated/α-hetero) is 2. The molecule has 3 atom stereocenters. The van der Waals surface area contributed by atoms with Crippen molar-refractivity contribution in [3.05, 3.63) is 117 Å². The molecule has 3 aliphatic heterocycles. The maximum atomic E-state index is 13.4. The number of hydrogen-bond acceptors (Lipinski definition) is 8. The average Bonchev–Trinajstić information content (AvgIpc) is 3.90. The van der Waals surface area contributed by atoms with Crippen molar-refractivity contribution in [3.8, 4) is 0 Å². The summed E-state index contributed by atoms with van der Waals surface area (Å²) in [5, 5.41) is 3.29. The number of likely N-dealkylation sites (tertiary alicyclic amines) is 2. The highest BCUT2D eigenvalue weighted by Gasteiger charge is 2.29. The first-order valence-corrected chi connectivity index (χ1v) is 27.6. The number of benzene rings is 2. The summed E-state index contributed by atoms with van der Waals surface area (Å²) >= 11 is 0. The van der Waals surface area contributed by atoms with Crippen molar-refractivity contribution in [2.45, 2.75) is 157 Å². The molecule has 73 heavy (non-hydrogen) atoms. The number of allylic oxidation sites excluding steroid dienone is 4. The summed E-state index contributed by atoms with van der Waals surface area (Å²) in [5.41, 5.74) is 10.2. The van der Waals surface area contributed by atoms with Crippen molar-refractivity contribution in [2.75, 3.05) is 58.2 Å². The Morgan fingerprint density at radius 3 is 2.21 bits per heavy atom. The molecule has 4 aromatic rings. The topological polar surface area (TPSA) is 117 Å². The fourth-order valence-corrected chi connectivity index (χ4v) is 10.8. The Bertz CT molecular complexity index is 2610. The fraction of sp³-hybridized carbons (Fsp3) is 0.557. The number of aromatic nitrogens is 3. The Balaban J connectivity index is 0.000000373. The molecule has 1 N–H and O–H groups in total. The van der Waals surface area contributed by atoms with Crippen LogP contribution < -0.4 is 10.9 Å². The smallest absolute Gasteiger partial charge is 0.260 e. The number of amides is 1. The Hall–Kier alpha value is -5.59. The van der Waals surface area contributed by atoms with Crippen molar-refractivity contribution in [2.24, 2.45) is 18.0 Å². The molecule has 3 aliphatic rings. The minimum atomic E-state index is -0.246. The lowest BCUT2D eigenvalue weighted by Crippen LogP contribution is -2.43. The van der Waals surface area contributed by atoms with Crippen LogP contribution in [0.1, 0.15) is 160 Å². The van der Waals surface area contributed by atoms with Gasteiger partial charge in [-0.2, -0.15) is 0 Å². The SMILES string of the molecule is C=C(/C=C(\C)C(C)N1CCC(c2ccc(C(=O)N3CCC(CN(CCC)C(C)CC)CC3)cc2)CC1)/C(=C\C=NC)n1ccc2c(c1=O)CCN2.CC.CCc1ccc2c(c1)n(C)n2C(CCC(C)=O)C(C)=O. The van der Waals surface area contributed by atoms with Gasteiger partial charge in [-0.05, 0) is 177 Å². The van der Waals surface area contributed by atoms with Gasteiger partial charge in [0.25, 0.3) is 11.5 Å². The van der Waals surface area contributed by atoms with Crippen LogP contribution in [0.15, 0.2) is 94.4 Å². The molecule has 7 rings (SSSR count). The molecule has 1 amide bonds. The van der Waals surface area contributed by atoms with Gasteiger partial charge < -0.3 is 19.9 Å². The van der Waals surface area contributed by atoms with Gasteiger partial charge in [-0.15, -0.1) is 0 Å². The summed E-state index contributed by atoms with van der Waals surface area (Å²) in [6, 6.07) is 17.4. The van der Waals surface area contributed by atoms with Crippen LogP contribution in [0.5, 0.6) is 0 Å². The second-order valence-corrected chi connectivity index (χ2v) is 20.4. The van der Waals surface area contributed by atoms with E-state index in [1.807, 2.05) is 48.6 Å². The van der Waals surface area contributed by atoms with Gasteiger partial charge in [-0.3, -0.25) is 38.2 Å². The number of pyridine rings is 1. The number of piperidine rings is 2. The Labute approximate surface area is 438 Å². The second-order valence-electron chi connectivity index (χ2n) is 20.4. The number of fused-ring (bicyclic) bond motifs is 2. The number of aryl methyl sites for hydroxylation is 2. The molecule has 12 nitrogen and oxygen atoms in total. The normalized spacial score (nSPS) is 17.1. The standard InChI is InChI=1S/C43H62N6O2.C16H22N2O2.C2H6/c1-8-23-48(33(5)9-2)30-35-16-24-47(25-17-35)42(50)38-12-10-36(11-13-38)37-18-26-46(27-19-37)34(6)31(3)29-32(4)41(15-21-44-7)49-28-20-40-39(43(49)51)14-22-45-40;1-5-13-7-9-15-16(10-13)17(4)18(15)14(12(3)20)8-6-11(2)19;1-2/h10-13,15,20-21,28-29,33-35,37,45H,4,8-9,14,16-19,22-27,30H2,1-3,5-7H3;7,9-10,14H,5-6,8H2,1-4H3;1-2H3/b31-29+,41-15+,44-21?;;. The second kappa shape index (κ2) is 28.2. The maximum absolute atomic E-state index is 13.4. The van der Waals surface area contributed by atoms with Gasteiger partial charge >= 0.3 is 0 Å². The van der Waals surface area contributed by atoms with Crippen molar-refractivity contribution in [1.82, 2.24) is 28.6 Å². The molecule has 0 saturated carbocycles. The third-order valence-electron chi connectivity index (χ3n) is 15.6. The molecule has 398 valence electrons. The predicted molar refractivity (Wildman–Crippen MR) is 305 cm³/mol. The van der Waals surface area contributed by atoms with E-state index in [9.17, 15) is 19.2 Å². The van der Waals surface area contributed by atoms with Crippen molar-refractivity contribution >= 4 is 46.1 Å². The maximum Gasteiger partial charge on any atom is 0.260 e. The molecule has 0 radical (unpaired) electrons. The summed E-state index contributed by atoms with van der Waals surface area (Å²) in [7, 11) is 3.69. The summed E-state index contributed by atoms with van der Waals surface area (Å²) < 4.78 is 5.72. The van der Waals surface area contributed by atoms with E-state index in [1.54, 1.807) is 31.7 Å². The number of anilines is 1. The number of nitrogens with zero attached hydrogens (tertiary/aromatic N) is 7. The lowest BCUT2D eigenvalue weighted by Gasteiger charge is -2.37. The molecule has 0 spiro atoms. The quantitative estimate of drug-likeness (QED) is 0.0692. The van der Waals surface area contributed by atoms with Gasteiger partial charge in [0.05, 0.1) is 16.7 Å². The van der Waals surface area contributed by atoms with Crippen LogP contribution in [0.3, 0.4) is 0 Å². The van der Waals surface area contributed by atoms with Gasteiger partial charge in [0.1, 0.15) is 11.8 Å². The zero-order valence-electron chi connectivity index (χ0n) is 46.8. The molecule has 0 bridgehead atoms. The third-order valence-corrected chi connectivity index (χ3v) is 15.6. The summed E-state index contributed by atoms with van der Waals surface area (Å²) in [6.45, 7) is 31.8. The minimum Gasteiger partial charge on any atom is -0.384 e. The largest absolute Gasteiger partial charge is 0.384 e. The number of carbonyl (C=O) groups is 3. The van der Waals surface area contributed by atoms with E-state index in [2.05, 4.69) is 122 Å². The predicted octanol–water partition coefficient (Wildman–Crippen LogP) is 11.6. The monoisotopic (exact) mass is 999 g/mol. The van der Waals surface area contributed by atoms with Crippen LogP contribution in [-0.2, 0) is 29.5 Å². The fourth-order valence-electron chi connectivity index (χ4n) is 10.8. The van der Waals surface area contributed by atoms with Gasteiger partial charge in [0, 0.05) is 88.0 Å². The van der Waals surface area contributed by atoms with Gasteiger partial charge in [-0.25, -0.2) is 0 Å². The molecule has 2 aromatic heterocycles. The van der Waals surface area contributed by atoms with E-state index in [1.165, 1.54) is 36.1 Å². The minimum absolute atomic E-state index is 0.000506. The zero-order valence-corrected chi connectivity index (χ0v) is 46.8. The van der Waals surface area contributed by atoms with Crippen LogP contribution in [0.2, 0.25) is 0 Å². The first kappa shape index (κ1) is 58.3. The molecular weight excluding hydrogens is 909 g/mol. The highest BCUT2D eigenvalue weighted by molar-refractivity contribution is 5.94. The van der Waals surface area contributed by atoms with Crippen molar-refractivity contribution in [3.63, 3.8) is 0 Å². The van der Waals surface area contributed by atoms with Crippen molar-refractivity contribution in [1.29, 1.82) is 0 Å². The van der Waals surface area contributed by atoms with E-state index < -0.39 is 0 Å². The highest BCUT2D eigenvalue weighted by atomic mass is 16.2. The van der Waals surface area contributed by atoms with E-state index in [4.69, 9.17) is 0 Å². The Morgan fingerprint density at radius 1 is 0.918 bits per heavy atom. The van der Waals surface area contributed by atoms with E-state index >= 15 is 0 Å². The zero-order chi connectivity index (χ0) is 53.4. The van der Waals surface area contributed by atoms with Gasteiger partial charge in [0.15, 0.2) is 5.78 Å². The number of ketones is 2. The number of rotatable bonds is 20. The van der Waals surface area contributed by atoms with Crippen LogP contribution in [-0.4, -0.2) is 117 Å². The lowest BCUT2D eigenvalue weighted by molar-refractivity contribution is -0.121. The Kier molecular flexibility index (Phi) is 22.5. The van der Waals surface area contributed by atoms with Crippen LogP contribution in [0.25, 0.3) is 16.7 Å². The summed E-state index contributed by atoms with van der Waals surface area (Å²) in [4.78, 5) is 61.2. The van der Waals surface area contributed by atoms with E-state index in [0.29, 0.717) is 30.7 Å². The number of nitrogens with one attached hydrogen (secondary N) is 1. The molecule has 2 aromatic carbocycles. The van der Waals surface area contributed by atoms with Crippen LogP contribution in [0.4, 0.5) is 5.69 Å². The van der Waals surface area contributed by atoms with Crippen LogP contribution >= 0.6 is 0 Å². The lowest BCUT2D eigenvalue weighted by atomic mass is 9.88. The number of carbonyl (C=O) groups excluding carboxylic acids is 3. The highest BCUT2D eigenvalue weighted by Crippen LogP contribution is 2.32. The van der Waals surface area contributed by atoms with E-state index in [-0.39, 0.29) is 35.1 Å². The molecule has 3 unspecified atom stereocenters. The molecule has 12 heteroatoms. The molecule has 0 aliphatic carbocycles. The molecule has 2 saturated heterocycles. The molecule has 5 heterocycles. The summed E-state index contributed by atoms with van der Waals surface area (Å²) in [6.07, 6.45) is 17.0. The first-order chi connectivity index (χ1) is 35.1. The number of hydrogen-bond donors (Lipinski definition) is 1. The van der Waals surface area contributed by atoms with E-state index in [0.717, 1.165) is 117 Å². The van der Waals surface area contributed by atoms with Crippen LogP contribution in [0, 0.1) is 5.92 Å². The first-order valence-electron chi connectivity index (χ1n) is 27.6. The Morgan fingerprint density at radius 2 is 1.60 bits per heavy atom. The average molecular weight is 999 g/mol. The molecular formula is C61H90N8O4. The van der Waals surface area contributed by atoms with Crippen molar-refractivity contribution < 1.29 is 14.4 Å².